The summed E-state index contributed by atoms with van der Waals surface area (Å²) in [7, 11) is -0.171. The molecule has 2 rings (SSSR count). The van der Waals surface area contributed by atoms with Gasteiger partial charge in [-0.3, -0.25) is 0 Å². The Morgan fingerprint density at radius 1 is 1.21 bits per heavy atom. The summed E-state index contributed by atoms with van der Waals surface area (Å²) < 4.78 is 2.10. The van der Waals surface area contributed by atoms with Crippen molar-refractivity contribution in [2.75, 3.05) is 12.3 Å². The lowest BCUT2D eigenvalue weighted by Gasteiger charge is -2.12. The van der Waals surface area contributed by atoms with Crippen molar-refractivity contribution in [3.8, 4) is 0 Å². The highest BCUT2D eigenvalue weighted by Crippen LogP contribution is 2.37. The molecular formula is C10H14N3P. The highest BCUT2D eigenvalue weighted by Gasteiger charge is 2.10. The minimum atomic E-state index is -0.171. The molecule has 0 aliphatic heterocycles. The Morgan fingerprint density at radius 3 is 2.64 bits per heavy atom. The van der Waals surface area contributed by atoms with Crippen molar-refractivity contribution in [1.29, 1.82) is 0 Å². The molecule has 2 aromatic rings. The van der Waals surface area contributed by atoms with Gasteiger partial charge in [-0.1, -0.05) is 31.2 Å². The molecule has 0 saturated carbocycles. The summed E-state index contributed by atoms with van der Waals surface area (Å²) >= 11 is 0. The largest absolute Gasteiger partial charge is 0.224 e. The van der Waals surface area contributed by atoms with Crippen LogP contribution in [0.4, 0.5) is 0 Å². The molecule has 4 heteroatoms. The van der Waals surface area contributed by atoms with Crippen molar-refractivity contribution in [2.45, 2.75) is 13.8 Å². The van der Waals surface area contributed by atoms with Crippen LogP contribution in [0.3, 0.4) is 0 Å². The van der Waals surface area contributed by atoms with E-state index in [1.165, 1.54) is 17.8 Å². The fourth-order valence-corrected chi connectivity index (χ4v) is 3.17. The molecule has 0 aliphatic rings. The summed E-state index contributed by atoms with van der Waals surface area (Å²) in [6, 6.07) is 8.15. The number of benzene rings is 1. The van der Waals surface area contributed by atoms with Gasteiger partial charge in [-0.05, 0) is 24.5 Å². The molecule has 0 bridgehead atoms. The molecule has 0 atom stereocenters. The summed E-state index contributed by atoms with van der Waals surface area (Å²) in [4.78, 5) is 0. The monoisotopic (exact) mass is 207 g/mol. The van der Waals surface area contributed by atoms with Crippen molar-refractivity contribution in [3.05, 3.63) is 24.3 Å². The minimum absolute atomic E-state index is 0.171. The molecule has 0 radical (unpaired) electrons. The average molecular weight is 207 g/mol. The number of fused-ring (bicyclic) bond motifs is 1. The Labute approximate surface area is 84.9 Å². The van der Waals surface area contributed by atoms with Gasteiger partial charge < -0.3 is 0 Å². The Bertz CT molecular complexity index is 420. The number of para-hydroxylation sites is 1. The van der Waals surface area contributed by atoms with E-state index in [-0.39, 0.29) is 8.07 Å². The van der Waals surface area contributed by atoms with Gasteiger partial charge in [0.05, 0.1) is 5.52 Å². The van der Waals surface area contributed by atoms with Crippen molar-refractivity contribution in [1.82, 2.24) is 14.8 Å². The first-order chi connectivity index (χ1) is 6.86. The van der Waals surface area contributed by atoms with Crippen LogP contribution in [0.15, 0.2) is 24.3 Å². The third-order valence-electron chi connectivity index (χ3n) is 2.33. The van der Waals surface area contributed by atoms with E-state index in [1.54, 1.807) is 0 Å². The van der Waals surface area contributed by atoms with E-state index in [9.17, 15) is 0 Å². The zero-order chi connectivity index (χ0) is 9.97. The van der Waals surface area contributed by atoms with Crippen molar-refractivity contribution in [3.63, 3.8) is 0 Å². The zero-order valence-electron chi connectivity index (χ0n) is 8.51. The maximum absolute atomic E-state index is 4.23. The number of rotatable bonds is 3. The third kappa shape index (κ3) is 1.53. The SMILES string of the molecule is CCP(CC)n1nnc2ccccc21. The summed E-state index contributed by atoms with van der Waals surface area (Å²) in [5, 5.41) is 8.40. The number of aromatic nitrogens is 3. The van der Waals surface area contributed by atoms with E-state index < -0.39 is 0 Å². The van der Waals surface area contributed by atoms with Gasteiger partial charge in [-0.2, -0.15) is 0 Å². The molecule has 3 nitrogen and oxygen atoms in total. The molecule has 14 heavy (non-hydrogen) atoms. The van der Waals surface area contributed by atoms with E-state index in [4.69, 9.17) is 0 Å². The molecule has 0 N–H and O–H groups in total. The summed E-state index contributed by atoms with van der Waals surface area (Å²) in [5.74, 6) is 0. The predicted octanol–water partition coefficient (Wildman–Crippen LogP) is 2.72. The average Bonchev–Trinajstić information content (AvgIpc) is 2.65. The Kier molecular flexibility index (Phi) is 2.78. The maximum atomic E-state index is 4.23. The lowest BCUT2D eigenvalue weighted by Crippen LogP contribution is -1.98. The van der Waals surface area contributed by atoms with Crippen LogP contribution in [0.2, 0.25) is 0 Å². The molecule has 0 spiro atoms. The Morgan fingerprint density at radius 2 is 1.93 bits per heavy atom. The van der Waals surface area contributed by atoms with Crippen LogP contribution in [0.5, 0.6) is 0 Å². The summed E-state index contributed by atoms with van der Waals surface area (Å²) in [6.45, 7) is 4.43. The third-order valence-corrected chi connectivity index (χ3v) is 4.62. The highest BCUT2D eigenvalue weighted by molar-refractivity contribution is 7.56. The van der Waals surface area contributed by atoms with E-state index in [2.05, 4.69) is 34.7 Å². The van der Waals surface area contributed by atoms with Gasteiger partial charge in [-0.15, -0.1) is 5.10 Å². The molecule has 0 aliphatic carbocycles. The van der Waals surface area contributed by atoms with Crippen LogP contribution >= 0.6 is 8.07 Å². The number of hydrogen-bond donors (Lipinski definition) is 0. The molecule has 0 unspecified atom stereocenters. The van der Waals surface area contributed by atoms with Gasteiger partial charge in [0, 0.05) is 8.07 Å². The van der Waals surface area contributed by atoms with Crippen molar-refractivity contribution >= 4 is 19.1 Å². The molecule has 1 heterocycles. The molecule has 0 saturated heterocycles. The standard InChI is InChI=1S/C10H14N3P/c1-3-14(4-2)13-10-8-6-5-7-9(10)11-12-13/h5-8H,3-4H2,1-2H3. The number of nitrogens with zero attached hydrogens (tertiary/aromatic N) is 3. The smallest absolute Gasteiger partial charge is 0.113 e. The number of hydrogen-bond acceptors (Lipinski definition) is 2. The molecule has 0 amide bonds. The fourth-order valence-electron chi connectivity index (χ4n) is 1.56. The van der Waals surface area contributed by atoms with Crippen LogP contribution in [0.25, 0.3) is 11.0 Å². The second-order valence-corrected chi connectivity index (χ2v) is 5.76. The van der Waals surface area contributed by atoms with Gasteiger partial charge in [0.1, 0.15) is 5.52 Å². The van der Waals surface area contributed by atoms with Crippen LogP contribution in [0, 0.1) is 0 Å². The zero-order valence-corrected chi connectivity index (χ0v) is 9.41. The van der Waals surface area contributed by atoms with Gasteiger partial charge in [0.25, 0.3) is 0 Å². The maximum Gasteiger partial charge on any atom is 0.113 e. The van der Waals surface area contributed by atoms with Crippen molar-refractivity contribution < 1.29 is 0 Å². The van der Waals surface area contributed by atoms with Gasteiger partial charge in [0.15, 0.2) is 0 Å². The molecule has 74 valence electrons. The normalized spacial score (nSPS) is 11.4. The van der Waals surface area contributed by atoms with Crippen LogP contribution in [0.1, 0.15) is 13.8 Å². The van der Waals surface area contributed by atoms with Crippen LogP contribution in [-0.2, 0) is 0 Å². The molecule has 1 aromatic carbocycles. The highest BCUT2D eigenvalue weighted by atomic mass is 31.1. The first-order valence-corrected chi connectivity index (χ1v) is 6.59. The molecule has 1 aromatic heterocycles. The molecular weight excluding hydrogens is 193 g/mol. The van der Waals surface area contributed by atoms with E-state index in [1.807, 2.05) is 18.2 Å². The van der Waals surface area contributed by atoms with E-state index in [0.717, 1.165) is 5.52 Å². The lowest BCUT2D eigenvalue weighted by atomic mass is 10.3. The van der Waals surface area contributed by atoms with E-state index in [0.29, 0.717) is 0 Å². The van der Waals surface area contributed by atoms with Gasteiger partial charge in [-0.25, -0.2) is 4.45 Å². The first kappa shape index (κ1) is 9.60. The second-order valence-electron chi connectivity index (χ2n) is 3.11. The van der Waals surface area contributed by atoms with Crippen LogP contribution in [-0.4, -0.2) is 27.1 Å². The lowest BCUT2D eigenvalue weighted by molar-refractivity contribution is 0.891. The first-order valence-electron chi connectivity index (χ1n) is 4.92. The fraction of sp³-hybridized carbons (Fsp3) is 0.400. The molecule has 0 fully saturated rings. The van der Waals surface area contributed by atoms with E-state index >= 15 is 0 Å². The second kappa shape index (κ2) is 4.05. The Balaban J connectivity index is 2.51. The van der Waals surface area contributed by atoms with Gasteiger partial charge in [0.2, 0.25) is 0 Å². The Hall–Kier alpha value is -0.950. The topological polar surface area (TPSA) is 30.7 Å². The van der Waals surface area contributed by atoms with Crippen LogP contribution < -0.4 is 0 Å². The predicted molar refractivity (Wildman–Crippen MR) is 60.9 cm³/mol. The summed E-state index contributed by atoms with van der Waals surface area (Å²) in [6.07, 6.45) is 2.33. The summed E-state index contributed by atoms with van der Waals surface area (Å²) in [5.41, 5.74) is 2.17. The quantitative estimate of drug-likeness (QED) is 0.724. The van der Waals surface area contributed by atoms with Crippen molar-refractivity contribution in [2.24, 2.45) is 0 Å². The van der Waals surface area contributed by atoms with Gasteiger partial charge >= 0.3 is 0 Å². The minimum Gasteiger partial charge on any atom is -0.224 e.